The fourth-order valence-corrected chi connectivity index (χ4v) is 2.45. The normalized spacial score (nSPS) is 10.7. The van der Waals surface area contributed by atoms with Gasteiger partial charge in [-0.3, -0.25) is 4.98 Å². The Kier molecular flexibility index (Phi) is 2.60. The highest BCUT2D eigenvalue weighted by Gasteiger charge is 2.12. The van der Waals surface area contributed by atoms with Gasteiger partial charge in [0.1, 0.15) is 11.4 Å². The van der Waals surface area contributed by atoms with Crippen molar-refractivity contribution in [1.29, 1.82) is 0 Å². The molecule has 0 bridgehead atoms. The van der Waals surface area contributed by atoms with Gasteiger partial charge in [-0.25, -0.2) is 14.8 Å². The standard InChI is InChI=1S/C12H8N4O2S/c13-10-7(12(17)18)5-15-11(16-10)6-3-9-8(14-4-6)1-2-19-9/h1-5H,(H,17,18)(H2,13,15,16). The van der Waals surface area contributed by atoms with Crippen LogP contribution in [0, 0.1) is 0 Å². The molecule has 19 heavy (non-hydrogen) atoms. The lowest BCUT2D eigenvalue weighted by atomic mass is 10.2. The van der Waals surface area contributed by atoms with Gasteiger partial charge in [-0.05, 0) is 17.5 Å². The molecule has 7 heteroatoms. The number of carboxylic acids is 1. The second-order valence-corrected chi connectivity index (χ2v) is 4.77. The third kappa shape index (κ3) is 2.00. The van der Waals surface area contributed by atoms with E-state index in [2.05, 4.69) is 15.0 Å². The van der Waals surface area contributed by atoms with Gasteiger partial charge >= 0.3 is 5.97 Å². The van der Waals surface area contributed by atoms with E-state index in [0.29, 0.717) is 11.4 Å². The summed E-state index contributed by atoms with van der Waals surface area (Å²) in [5.41, 5.74) is 7.11. The van der Waals surface area contributed by atoms with E-state index < -0.39 is 5.97 Å². The van der Waals surface area contributed by atoms with E-state index in [1.165, 1.54) is 6.20 Å². The van der Waals surface area contributed by atoms with Gasteiger partial charge < -0.3 is 10.8 Å². The summed E-state index contributed by atoms with van der Waals surface area (Å²) in [6.07, 6.45) is 2.85. The first-order valence-corrected chi connectivity index (χ1v) is 6.22. The molecule has 3 rings (SSSR count). The summed E-state index contributed by atoms with van der Waals surface area (Å²) in [5, 5.41) is 10.8. The van der Waals surface area contributed by atoms with Crippen molar-refractivity contribution >= 4 is 33.3 Å². The number of aromatic carboxylic acids is 1. The second kappa shape index (κ2) is 4.29. The first kappa shape index (κ1) is 11.5. The number of carboxylic acid groups (broad SMARTS) is 1. The molecule has 0 aromatic carbocycles. The lowest BCUT2D eigenvalue weighted by Gasteiger charge is -2.03. The highest BCUT2D eigenvalue weighted by Crippen LogP contribution is 2.24. The maximum atomic E-state index is 10.8. The van der Waals surface area contributed by atoms with Crippen LogP contribution in [0.2, 0.25) is 0 Å². The minimum absolute atomic E-state index is 0.0521. The zero-order chi connectivity index (χ0) is 13.4. The van der Waals surface area contributed by atoms with Crippen molar-refractivity contribution < 1.29 is 9.90 Å². The van der Waals surface area contributed by atoms with E-state index in [1.807, 2.05) is 17.5 Å². The highest BCUT2D eigenvalue weighted by molar-refractivity contribution is 7.17. The third-order valence-electron chi connectivity index (χ3n) is 2.61. The van der Waals surface area contributed by atoms with Crippen molar-refractivity contribution in [2.75, 3.05) is 5.73 Å². The number of pyridine rings is 1. The molecule has 0 radical (unpaired) electrons. The van der Waals surface area contributed by atoms with E-state index in [4.69, 9.17) is 10.8 Å². The summed E-state index contributed by atoms with van der Waals surface area (Å²) in [7, 11) is 0. The van der Waals surface area contributed by atoms with Gasteiger partial charge in [0.25, 0.3) is 0 Å². The number of aromatic nitrogens is 3. The van der Waals surface area contributed by atoms with Crippen LogP contribution < -0.4 is 5.73 Å². The number of nitrogens with two attached hydrogens (primary N) is 1. The molecule has 3 aromatic heterocycles. The van der Waals surface area contributed by atoms with E-state index >= 15 is 0 Å². The smallest absolute Gasteiger partial charge is 0.341 e. The first-order chi connectivity index (χ1) is 9.15. The number of carbonyl (C=O) groups is 1. The topological polar surface area (TPSA) is 102 Å². The van der Waals surface area contributed by atoms with Crippen molar-refractivity contribution in [3.63, 3.8) is 0 Å². The van der Waals surface area contributed by atoms with Crippen LogP contribution in [0.4, 0.5) is 5.82 Å². The van der Waals surface area contributed by atoms with Crippen molar-refractivity contribution in [2.45, 2.75) is 0 Å². The molecule has 0 saturated carbocycles. The monoisotopic (exact) mass is 272 g/mol. The summed E-state index contributed by atoms with van der Waals surface area (Å²) >= 11 is 1.56. The van der Waals surface area contributed by atoms with Gasteiger partial charge in [-0.15, -0.1) is 11.3 Å². The molecule has 0 atom stereocenters. The maximum Gasteiger partial charge on any atom is 0.341 e. The third-order valence-corrected chi connectivity index (χ3v) is 3.46. The predicted octanol–water partition coefficient (Wildman–Crippen LogP) is 2.03. The maximum absolute atomic E-state index is 10.8. The van der Waals surface area contributed by atoms with Gasteiger partial charge in [0.05, 0.1) is 10.2 Å². The summed E-state index contributed by atoms with van der Waals surface area (Å²) in [5.74, 6) is -0.829. The van der Waals surface area contributed by atoms with Gasteiger partial charge in [-0.1, -0.05) is 0 Å². The molecule has 3 N–H and O–H groups in total. The van der Waals surface area contributed by atoms with Crippen LogP contribution in [0.3, 0.4) is 0 Å². The summed E-state index contributed by atoms with van der Waals surface area (Å²) in [6.45, 7) is 0. The number of hydrogen-bond acceptors (Lipinski definition) is 6. The van der Waals surface area contributed by atoms with E-state index in [9.17, 15) is 4.79 Å². The fourth-order valence-electron chi connectivity index (χ4n) is 1.67. The summed E-state index contributed by atoms with van der Waals surface area (Å²) in [6, 6.07) is 3.83. The molecule has 94 valence electrons. The lowest BCUT2D eigenvalue weighted by molar-refractivity contribution is 0.0697. The molecule has 3 heterocycles. The van der Waals surface area contributed by atoms with Crippen molar-refractivity contribution in [3.8, 4) is 11.4 Å². The average molecular weight is 272 g/mol. The number of hydrogen-bond donors (Lipinski definition) is 2. The zero-order valence-electron chi connectivity index (χ0n) is 9.57. The van der Waals surface area contributed by atoms with E-state index in [1.54, 1.807) is 17.5 Å². The molecule has 0 aliphatic carbocycles. The van der Waals surface area contributed by atoms with Gasteiger partial charge in [-0.2, -0.15) is 0 Å². The number of nitrogens with zero attached hydrogens (tertiary/aromatic N) is 3. The SMILES string of the molecule is Nc1nc(-c2cnc3ccsc3c2)ncc1C(=O)O. The Morgan fingerprint density at radius 1 is 1.32 bits per heavy atom. The molecule has 0 fully saturated rings. The van der Waals surface area contributed by atoms with Gasteiger partial charge in [0.15, 0.2) is 5.82 Å². The molecule has 0 aliphatic heterocycles. The Hall–Kier alpha value is -2.54. The van der Waals surface area contributed by atoms with Crippen LogP contribution in [-0.2, 0) is 0 Å². The van der Waals surface area contributed by atoms with Crippen LogP contribution in [0.5, 0.6) is 0 Å². The first-order valence-electron chi connectivity index (χ1n) is 5.34. The Bertz CT molecular complexity index is 784. The van der Waals surface area contributed by atoms with Crippen LogP contribution in [0.25, 0.3) is 21.6 Å². The second-order valence-electron chi connectivity index (χ2n) is 3.83. The quantitative estimate of drug-likeness (QED) is 0.740. The summed E-state index contributed by atoms with van der Waals surface area (Å²) < 4.78 is 1.02. The largest absolute Gasteiger partial charge is 0.477 e. The Labute approximate surface area is 111 Å². The van der Waals surface area contributed by atoms with Crippen molar-refractivity contribution in [2.24, 2.45) is 0 Å². The van der Waals surface area contributed by atoms with E-state index in [0.717, 1.165) is 10.2 Å². The molecule has 3 aromatic rings. The van der Waals surface area contributed by atoms with Gasteiger partial charge in [0.2, 0.25) is 0 Å². The average Bonchev–Trinajstić information content (AvgIpc) is 2.85. The number of thiophene rings is 1. The number of fused-ring (bicyclic) bond motifs is 1. The Morgan fingerprint density at radius 2 is 2.16 bits per heavy atom. The number of nitrogen functional groups attached to an aromatic ring is 1. The molecule has 0 spiro atoms. The fraction of sp³-hybridized carbons (Fsp3) is 0. The van der Waals surface area contributed by atoms with Crippen molar-refractivity contribution in [1.82, 2.24) is 15.0 Å². The molecule has 6 nitrogen and oxygen atoms in total. The zero-order valence-corrected chi connectivity index (χ0v) is 10.4. The van der Waals surface area contributed by atoms with Crippen LogP contribution in [0.1, 0.15) is 10.4 Å². The lowest BCUT2D eigenvalue weighted by Crippen LogP contribution is -2.06. The molecule has 0 amide bonds. The predicted molar refractivity (Wildman–Crippen MR) is 72.0 cm³/mol. The number of anilines is 1. The summed E-state index contributed by atoms with van der Waals surface area (Å²) in [4.78, 5) is 23.1. The van der Waals surface area contributed by atoms with E-state index in [-0.39, 0.29) is 11.4 Å². The minimum atomic E-state index is -1.14. The Morgan fingerprint density at radius 3 is 2.89 bits per heavy atom. The van der Waals surface area contributed by atoms with Crippen LogP contribution >= 0.6 is 11.3 Å². The van der Waals surface area contributed by atoms with Crippen molar-refractivity contribution in [3.05, 3.63) is 35.5 Å². The minimum Gasteiger partial charge on any atom is -0.477 e. The molecule has 0 unspecified atom stereocenters. The van der Waals surface area contributed by atoms with Crippen LogP contribution in [-0.4, -0.2) is 26.0 Å². The molecular formula is C12H8N4O2S. The molecule has 0 aliphatic rings. The molecule has 0 saturated heterocycles. The molecular weight excluding hydrogens is 264 g/mol. The number of rotatable bonds is 2. The van der Waals surface area contributed by atoms with Gasteiger partial charge in [0, 0.05) is 18.0 Å². The Balaban J connectivity index is 2.10. The van der Waals surface area contributed by atoms with Crippen LogP contribution in [0.15, 0.2) is 29.9 Å². The highest BCUT2D eigenvalue weighted by atomic mass is 32.1.